The summed E-state index contributed by atoms with van der Waals surface area (Å²) in [4.78, 5) is 0.0601. The number of unbranched alkanes of at least 4 members (excludes halogenated alkanes) is 1. The molecule has 0 amide bonds. The number of benzene rings is 1. The van der Waals surface area contributed by atoms with Crippen LogP contribution >= 0.6 is 0 Å². The van der Waals surface area contributed by atoms with Gasteiger partial charge >= 0.3 is 0 Å². The van der Waals surface area contributed by atoms with Gasteiger partial charge in [-0.3, -0.25) is 0 Å². The summed E-state index contributed by atoms with van der Waals surface area (Å²) in [6.45, 7) is 2.62. The van der Waals surface area contributed by atoms with E-state index in [9.17, 15) is 23.8 Å². The zero-order valence-corrected chi connectivity index (χ0v) is 13.5. The molecule has 1 aromatic carbocycles. The van der Waals surface area contributed by atoms with Gasteiger partial charge in [0, 0.05) is 11.6 Å². The van der Waals surface area contributed by atoms with Crippen LogP contribution in [0.25, 0.3) is 0 Å². The van der Waals surface area contributed by atoms with Crippen LogP contribution in [0.5, 0.6) is 17.5 Å². The van der Waals surface area contributed by atoms with Gasteiger partial charge in [0.1, 0.15) is 5.75 Å². The Morgan fingerprint density at radius 1 is 1.17 bits per heavy atom. The first-order chi connectivity index (χ1) is 10.8. The molecule has 0 atom stereocenters. The first-order valence-electron chi connectivity index (χ1n) is 7.12. The van der Waals surface area contributed by atoms with Gasteiger partial charge in [0.2, 0.25) is 11.8 Å². The molecule has 0 saturated heterocycles. The van der Waals surface area contributed by atoms with Crippen LogP contribution < -0.4 is 4.74 Å². The van der Waals surface area contributed by atoms with Crippen molar-refractivity contribution in [1.82, 2.24) is 4.73 Å². The van der Waals surface area contributed by atoms with E-state index in [-0.39, 0.29) is 15.2 Å². The van der Waals surface area contributed by atoms with E-state index < -0.39 is 27.4 Å². The molecule has 0 spiro atoms. The molecule has 1 heterocycles. The fourth-order valence-electron chi connectivity index (χ4n) is 2.00. The topological polar surface area (TPSA) is 109 Å². The molecule has 1 aromatic heterocycles. The summed E-state index contributed by atoms with van der Waals surface area (Å²) >= 11 is 0. The van der Waals surface area contributed by atoms with Crippen molar-refractivity contribution in [2.24, 2.45) is 0 Å². The van der Waals surface area contributed by atoms with Crippen LogP contribution in [-0.4, -0.2) is 35.2 Å². The smallest absolute Gasteiger partial charge is 0.233 e. The van der Waals surface area contributed by atoms with E-state index in [1.54, 1.807) is 12.1 Å². The second kappa shape index (κ2) is 6.82. The van der Waals surface area contributed by atoms with Crippen molar-refractivity contribution in [3.8, 4) is 17.5 Å². The lowest BCUT2D eigenvalue weighted by Gasteiger charge is -2.07. The van der Waals surface area contributed by atoms with Crippen LogP contribution in [0.4, 0.5) is 0 Å². The van der Waals surface area contributed by atoms with Gasteiger partial charge in [-0.25, -0.2) is 8.42 Å². The van der Waals surface area contributed by atoms with Gasteiger partial charge in [0.25, 0.3) is 0 Å². The lowest BCUT2D eigenvalue weighted by molar-refractivity contribution is 0.130. The SMILES string of the molecule is CCCCOc1ccc(S(=O)(=O)Cc2cc(O)n(O)c2O)cc1. The van der Waals surface area contributed by atoms with E-state index >= 15 is 0 Å². The summed E-state index contributed by atoms with van der Waals surface area (Å²) in [6, 6.07) is 6.97. The molecule has 0 fully saturated rings. The van der Waals surface area contributed by atoms with Crippen LogP contribution in [0.15, 0.2) is 35.2 Å². The molecule has 0 saturated carbocycles. The second-order valence-electron chi connectivity index (χ2n) is 5.10. The Labute approximate surface area is 134 Å². The summed E-state index contributed by atoms with van der Waals surface area (Å²) in [5.74, 6) is -1.30. The third-order valence-corrected chi connectivity index (χ3v) is 4.98. The van der Waals surface area contributed by atoms with Crippen molar-refractivity contribution < 1.29 is 28.6 Å². The minimum absolute atomic E-state index is 0.0601. The standard InChI is InChI=1S/C15H19NO6S/c1-2-3-8-22-12-4-6-13(7-5-12)23(20,21)10-11-9-14(17)16(19)15(11)18/h4-7,9,17-19H,2-3,8,10H2,1H3. The highest BCUT2D eigenvalue weighted by Crippen LogP contribution is 2.29. The molecule has 0 radical (unpaired) electrons. The van der Waals surface area contributed by atoms with Crippen molar-refractivity contribution in [3.63, 3.8) is 0 Å². The van der Waals surface area contributed by atoms with Crippen molar-refractivity contribution >= 4 is 9.84 Å². The maximum Gasteiger partial charge on any atom is 0.233 e. The largest absolute Gasteiger partial charge is 0.494 e. The fourth-order valence-corrected chi connectivity index (χ4v) is 3.34. The quantitative estimate of drug-likeness (QED) is 0.526. The number of nitrogens with zero attached hydrogens (tertiary/aromatic N) is 1. The third-order valence-electron chi connectivity index (χ3n) is 3.30. The summed E-state index contributed by atoms with van der Waals surface area (Å²) in [5.41, 5.74) is -0.0896. The van der Waals surface area contributed by atoms with Gasteiger partial charge in [0.05, 0.1) is 17.3 Å². The average molecular weight is 341 g/mol. The molecule has 2 rings (SSSR count). The molecule has 126 valence electrons. The summed E-state index contributed by atoms with van der Waals surface area (Å²) in [7, 11) is -3.73. The normalized spacial score (nSPS) is 11.5. The lowest BCUT2D eigenvalue weighted by Crippen LogP contribution is -2.05. The Morgan fingerprint density at radius 3 is 2.35 bits per heavy atom. The summed E-state index contributed by atoms with van der Waals surface area (Å²) in [6.07, 6.45) is 1.92. The van der Waals surface area contributed by atoms with Crippen molar-refractivity contribution in [1.29, 1.82) is 0 Å². The van der Waals surface area contributed by atoms with E-state index in [0.29, 0.717) is 12.4 Å². The predicted octanol–water partition coefficient (Wildman–Crippen LogP) is 2.29. The molecule has 2 aromatic rings. The molecule has 0 aliphatic heterocycles. The highest BCUT2D eigenvalue weighted by atomic mass is 32.2. The molecule has 3 N–H and O–H groups in total. The Balaban J connectivity index is 2.14. The Bertz CT molecular complexity index is 764. The van der Waals surface area contributed by atoms with Crippen LogP contribution in [-0.2, 0) is 15.6 Å². The van der Waals surface area contributed by atoms with Crippen LogP contribution in [0, 0.1) is 0 Å². The first-order valence-corrected chi connectivity index (χ1v) is 8.78. The molecule has 0 aliphatic rings. The monoisotopic (exact) mass is 341 g/mol. The Morgan fingerprint density at radius 2 is 1.83 bits per heavy atom. The average Bonchev–Trinajstić information content (AvgIpc) is 2.75. The van der Waals surface area contributed by atoms with Gasteiger partial charge in [0.15, 0.2) is 9.84 Å². The summed E-state index contributed by atoms with van der Waals surface area (Å²) < 4.78 is 30.2. The van der Waals surface area contributed by atoms with E-state index in [1.165, 1.54) is 12.1 Å². The predicted molar refractivity (Wildman–Crippen MR) is 82.7 cm³/mol. The molecule has 8 heteroatoms. The van der Waals surface area contributed by atoms with Crippen LogP contribution in [0.2, 0.25) is 0 Å². The summed E-state index contributed by atoms with van der Waals surface area (Å²) in [5, 5.41) is 28.1. The highest BCUT2D eigenvalue weighted by Gasteiger charge is 2.22. The van der Waals surface area contributed by atoms with E-state index in [4.69, 9.17) is 4.74 Å². The van der Waals surface area contributed by atoms with Gasteiger partial charge in [-0.2, -0.15) is 0 Å². The number of aromatic hydroxyl groups is 2. The third kappa shape index (κ3) is 3.89. The molecule has 23 heavy (non-hydrogen) atoms. The molecular weight excluding hydrogens is 322 g/mol. The van der Waals surface area contributed by atoms with Gasteiger partial charge in [-0.1, -0.05) is 13.3 Å². The number of hydrogen-bond acceptors (Lipinski definition) is 6. The molecule has 7 nitrogen and oxygen atoms in total. The number of rotatable bonds is 7. The number of aromatic nitrogens is 1. The van der Waals surface area contributed by atoms with Gasteiger partial charge < -0.3 is 20.2 Å². The number of hydrogen-bond donors (Lipinski definition) is 3. The van der Waals surface area contributed by atoms with Crippen LogP contribution in [0.1, 0.15) is 25.3 Å². The minimum Gasteiger partial charge on any atom is -0.494 e. The first kappa shape index (κ1) is 17.0. The number of sulfone groups is 1. The maximum atomic E-state index is 12.3. The van der Waals surface area contributed by atoms with E-state index in [1.807, 2.05) is 6.92 Å². The van der Waals surface area contributed by atoms with Crippen molar-refractivity contribution in [3.05, 3.63) is 35.9 Å². The minimum atomic E-state index is -3.73. The number of ether oxygens (including phenoxy) is 1. The van der Waals surface area contributed by atoms with Gasteiger partial charge in [-0.05, 0) is 30.7 Å². The van der Waals surface area contributed by atoms with Gasteiger partial charge in [-0.15, -0.1) is 4.73 Å². The van der Waals surface area contributed by atoms with Crippen LogP contribution in [0.3, 0.4) is 0 Å². The second-order valence-corrected chi connectivity index (χ2v) is 7.09. The lowest BCUT2D eigenvalue weighted by atomic mass is 10.3. The molecule has 0 bridgehead atoms. The molecule has 0 aliphatic carbocycles. The zero-order valence-electron chi connectivity index (χ0n) is 12.6. The maximum absolute atomic E-state index is 12.3. The van der Waals surface area contributed by atoms with Crippen molar-refractivity contribution in [2.45, 2.75) is 30.4 Å². The van der Waals surface area contributed by atoms with E-state index in [2.05, 4.69) is 0 Å². The fraction of sp³-hybridized carbons (Fsp3) is 0.333. The van der Waals surface area contributed by atoms with E-state index in [0.717, 1.165) is 18.9 Å². The Kier molecular flexibility index (Phi) is 5.05. The highest BCUT2D eigenvalue weighted by molar-refractivity contribution is 7.90. The molecule has 0 unspecified atom stereocenters. The Hall–Kier alpha value is -2.35. The van der Waals surface area contributed by atoms with Crippen molar-refractivity contribution in [2.75, 3.05) is 6.61 Å². The zero-order chi connectivity index (χ0) is 17.0. The molecular formula is C15H19NO6S.